The molecule has 0 aliphatic heterocycles. The van der Waals surface area contributed by atoms with Crippen LogP contribution in [0.3, 0.4) is 0 Å². The Labute approximate surface area is 127 Å². The van der Waals surface area contributed by atoms with E-state index in [9.17, 15) is 0 Å². The van der Waals surface area contributed by atoms with Crippen LogP contribution in [0.25, 0.3) is 6.08 Å². The lowest BCUT2D eigenvalue weighted by Gasteiger charge is -2.15. The number of fused-ring (bicyclic) bond motifs is 1. The third-order valence-electron chi connectivity index (χ3n) is 3.21. The van der Waals surface area contributed by atoms with Crippen molar-refractivity contribution in [3.8, 4) is 0 Å². The van der Waals surface area contributed by atoms with Gasteiger partial charge < -0.3 is 5.73 Å². The Morgan fingerprint density at radius 1 is 1.20 bits per heavy atom. The third-order valence-corrected chi connectivity index (χ3v) is 4.36. The highest BCUT2D eigenvalue weighted by atomic mass is 35.5. The Balaban J connectivity index is 1.72. The van der Waals surface area contributed by atoms with Crippen molar-refractivity contribution < 1.29 is 0 Å². The number of rotatable bonds is 3. The molecular weight excluding hydrogens is 290 g/mol. The van der Waals surface area contributed by atoms with E-state index in [-0.39, 0.29) is 0 Å². The molecule has 1 aromatic heterocycles. The highest BCUT2D eigenvalue weighted by Crippen LogP contribution is 2.28. The fourth-order valence-electron chi connectivity index (χ4n) is 2.24. The van der Waals surface area contributed by atoms with Gasteiger partial charge in [0.05, 0.1) is 0 Å². The van der Waals surface area contributed by atoms with Crippen molar-refractivity contribution in [1.82, 2.24) is 9.97 Å². The Bertz CT molecular complexity index is 650. The minimum atomic E-state index is 0.392. The minimum Gasteiger partial charge on any atom is -0.384 e. The summed E-state index contributed by atoms with van der Waals surface area (Å²) in [6, 6.07) is 10.1. The maximum Gasteiger partial charge on any atom is 0.191 e. The molecule has 2 N–H and O–H groups in total. The molecule has 2 aromatic rings. The van der Waals surface area contributed by atoms with E-state index in [4.69, 9.17) is 17.3 Å². The van der Waals surface area contributed by atoms with Crippen LogP contribution < -0.4 is 5.73 Å². The summed E-state index contributed by atoms with van der Waals surface area (Å²) in [6.45, 7) is 0. The summed E-state index contributed by atoms with van der Waals surface area (Å²) in [6.07, 6.45) is 4.45. The highest BCUT2D eigenvalue weighted by Gasteiger charge is 2.11. The van der Waals surface area contributed by atoms with Crippen molar-refractivity contribution >= 4 is 35.3 Å². The van der Waals surface area contributed by atoms with Gasteiger partial charge in [0.25, 0.3) is 0 Å². The molecule has 0 bridgehead atoms. The van der Waals surface area contributed by atoms with E-state index < -0.39 is 0 Å². The predicted molar refractivity (Wildman–Crippen MR) is 84.9 cm³/mol. The number of benzene rings is 1. The number of nitrogen functional groups attached to an aromatic ring is 1. The molecular formula is C15H14ClN3S. The van der Waals surface area contributed by atoms with E-state index in [1.165, 1.54) is 16.7 Å². The summed E-state index contributed by atoms with van der Waals surface area (Å²) < 4.78 is 0. The fraction of sp³-hybridized carbons (Fsp3) is 0.200. The number of hydrogen-bond donors (Lipinski definition) is 1. The first kappa shape index (κ1) is 13.5. The number of nitrogens with two attached hydrogens (primary N) is 1. The molecule has 0 spiro atoms. The maximum atomic E-state index is 5.88. The van der Waals surface area contributed by atoms with Crippen molar-refractivity contribution in [2.75, 3.05) is 11.5 Å². The lowest BCUT2D eigenvalue weighted by Crippen LogP contribution is -2.01. The van der Waals surface area contributed by atoms with Gasteiger partial charge in [0.1, 0.15) is 11.0 Å². The van der Waals surface area contributed by atoms with Gasteiger partial charge in [-0.25, -0.2) is 9.97 Å². The van der Waals surface area contributed by atoms with E-state index in [1.54, 1.807) is 17.8 Å². The van der Waals surface area contributed by atoms with Crippen LogP contribution >= 0.6 is 23.4 Å². The summed E-state index contributed by atoms with van der Waals surface area (Å²) in [7, 11) is 0. The second kappa shape index (κ2) is 5.85. The zero-order chi connectivity index (χ0) is 13.9. The summed E-state index contributed by atoms with van der Waals surface area (Å²) in [5.74, 6) is 1.28. The summed E-state index contributed by atoms with van der Waals surface area (Å²) in [5, 5.41) is 1.03. The van der Waals surface area contributed by atoms with Crippen molar-refractivity contribution in [2.24, 2.45) is 0 Å². The number of halogens is 1. The highest BCUT2D eigenvalue weighted by molar-refractivity contribution is 7.99. The van der Waals surface area contributed by atoms with Gasteiger partial charge in [-0.3, -0.25) is 0 Å². The summed E-state index contributed by atoms with van der Waals surface area (Å²) in [5.41, 5.74) is 9.81. The normalized spacial score (nSPS) is 13.8. The van der Waals surface area contributed by atoms with Gasteiger partial charge in [-0.2, -0.15) is 0 Å². The molecule has 0 amide bonds. The number of aromatic nitrogens is 2. The maximum absolute atomic E-state index is 5.88. The Morgan fingerprint density at radius 2 is 2.05 bits per heavy atom. The molecule has 102 valence electrons. The number of anilines is 1. The van der Waals surface area contributed by atoms with Gasteiger partial charge in [-0.05, 0) is 24.0 Å². The second-order valence-corrected chi connectivity index (χ2v) is 6.02. The van der Waals surface area contributed by atoms with Gasteiger partial charge in [-0.1, -0.05) is 59.3 Å². The molecule has 1 aliphatic rings. The molecule has 1 aliphatic carbocycles. The van der Waals surface area contributed by atoms with E-state index >= 15 is 0 Å². The van der Waals surface area contributed by atoms with Gasteiger partial charge in [0.2, 0.25) is 0 Å². The Morgan fingerprint density at radius 3 is 2.90 bits per heavy atom. The van der Waals surface area contributed by atoms with Crippen LogP contribution in [-0.2, 0) is 6.42 Å². The number of thioether (sulfide) groups is 1. The van der Waals surface area contributed by atoms with Gasteiger partial charge >= 0.3 is 0 Å². The Hall–Kier alpha value is -1.52. The SMILES string of the molecule is Nc1cc(Cl)nc(SCC2=Cc3ccccc3CC2)n1. The summed E-state index contributed by atoms with van der Waals surface area (Å²) in [4.78, 5) is 8.35. The van der Waals surface area contributed by atoms with Crippen LogP contribution in [0.1, 0.15) is 17.5 Å². The van der Waals surface area contributed by atoms with Crippen LogP contribution in [0.4, 0.5) is 5.82 Å². The van der Waals surface area contributed by atoms with E-state index in [2.05, 4.69) is 40.3 Å². The quantitative estimate of drug-likeness (QED) is 0.532. The molecule has 1 aromatic carbocycles. The molecule has 20 heavy (non-hydrogen) atoms. The molecule has 0 radical (unpaired) electrons. The molecule has 0 saturated heterocycles. The van der Waals surface area contributed by atoms with Crippen molar-refractivity contribution in [3.63, 3.8) is 0 Å². The van der Waals surface area contributed by atoms with E-state index in [0.29, 0.717) is 16.1 Å². The van der Waals surface area contributed by atoms with Crippen LogP contribution in [0.5, 0.6) is 0 Å². The topological polar surface area (TPSA) is 51.8 Å². The smallest absolute Gasteiger partial charge is 0.191 e. The number of aryl methyl sites for hydroxylation is 1. The van der Waals surface area contributed by atoms with Crippen LogP contribution in [0.15, 0.2) is 41.1 Å². The lowest BCUT2D eigenvalue weighted by molar-refractivity contribution is 0.926. The number of nitrogens with zero attached hydrogens (tertiary/aromatic N) is 2. The summed E-state index contributed by atoms with van der Waals surface area (Å²) >= 11 is 7.45. The first-order valence-electron chi connectivity index (χ1n) is 6.41. The molecule has 5 heteroatoms. The molecule has 3 rings (SSSR count). The van der Waals surface area contributed by atoms with Crippen molar-refractivity contribution in [1.29, 1.82) is 0 Å². The lowest BCUT2D eigenvalue weighted by atomic mass is 9.93. The van der Waals surface area contributed by atoms with E-state index in [0.717, 1.165) is 18.6 Å². The average molecular weight is 304 g/mol. The minimum absolute atomic E-state index is 0.392. The predicted octanol–water partition coefficient (Wildman–Crippen LogP) is 3.83. The van der Waals surface area contributed by atoms with Crippen LogP contribution in [0.2, 0.25) is 5.15 Å². The molecule has 0 fully saturated rings. The third kappa shape index (κ3) is 3.14. The zero-order valence-corrected chi connectivity index (χ0v) is 12.4. The van der Waals surface area contributed by atoms with E-state index in [1.807, 2.05) is 0 Å². The molecule has 1 heterocycles. The second-order valence-electron chi connectivity index (χ2n) is 4.69. The largest absolute Gasteiger partial charge is 0.384 e. The van der Waals surface area contributed by atoms with Gasteiger partial charge in [0.15, 0.2) is 5.16 Å². The number of hydrogen-bond acceptors (Lipinski definition) is 4. The first-order valence-corrected chi connectivity index (χ1v) is 7.77. The first-order chi connectivity index (χ1) is 9.70. The monoisotopic (exact) mass is 303 g/mol. The average Bonchev–Trinajstić information content (AvgIpc) is 2.44. The van der Waals surface area contributed by atoms with Crippen LogP contribution in [-0.4, -0.2) is 15.7 Å². The molecule has 0 saturated carbocycles. The molecule has 0 unspecified atom stereocenters. The van der Waals surface area contributed by atoms with Crippen molar-refractivity contribution in [2.45, 2.75) is 18.0 Å². The standard InChI is InChI=1S/C15H14ClN3S/c16-13-8-14(17)19-15(18-13)20-9-10-5-6-11-3-1-2-4-12(11)7-10/h1-4,7-8H,5-6,9H2,(H2,17,18,19). The van der Waals surface area contributed by atoms with Gasteiger partial charge in [0, 0.05) is 11.8 Å². The molecule has 0 atom stereocenters. The van der Waals surface area contributed by atoms with Crippen LogP contribution in [0, 0.1) is 0 Å². The van der Waals surface area contributed by atoms with Crippen molar-refractivity contribution in [3.05, 3.63) is 52.2 Å². The van der Waals surface area contributed by atoms with Gasteiger partial charge in [-0.15, -0.1) is 0 Å². The molecule has 3 nitrogen and oxygen atoms in total. The zero-order valence-electron chi connectivity index (χ0n) is 10.8. The fourth-order valence-corrected chi connectivity index (χ4v) is 3.36. The Kier molecular flexibility index (Phi) is 3.94.